The van der Waals surface area contributed by atoms with Crippen LogP contribution in [0.2, 0.25) is 0 Å². The Kier molecular flexibility index (Phi) is 14.4. The predicted octanol–water partition coefficient (Wildman–Crippen LogP) is 7.31. The van der Waals surface area contributed by atoms with Gasteiger partial charge in [-0.05, 0) is 117 Å². The molecule has 7 nitrogen and oxygen atoms in total. The SMILES string of the molecule is COc1ccc2c(c1)C(C)N(CCCC(CCCNC(=O)CCc1ccc(F)cc1)(c1ccccc1)c1ccccc1)C(C(=O)NCCCCO)C2. The van der Waals surface area contributed by atoms with Crippen LogP contribution in [0.3, 0.4) is 0 Å². The van der Waals surface area contributed by atoms with E-state index in [1.807, 2.05) is 18.2 Å². The standard InChI is InChI=1S/C44H54FN3O4/c1-33-40-32-39(52-2)23-20-35(40)31-41(43(51)47-27-9-10-30-49)48(33)29-12-26-44(36-13-5-3-6-14-36,37-15-7-4-8-16-37)25-11-28-46-42(50)24-19-34-17-21-38(45)22-18-34/h3-8,13-18,20-23,32-33,41,49H,9-12,19,24-31H2,1-2H3,(H,46,50)(H,47,51). The molecule has 1 aliphatic rings. The van der Waals surface area contributed by atoms with Crippen LogP contribution in [0.4, 0.5) is 4.39 Å². The van der Waals surface area contributed by atoms with Crippen LogP contribution >= 0.6 is 0 Å². The van der Waals surface area contributed by atoms with Crippen LogP contribution in [-0.4, -0.2) is 61.2 Å². The van der Waals surface area contributed by atoms with E-state index in [1.54, 1.807) is 19.2 Å². The maximum Gasteiger partial charge on any atom is 0.237 e. The minimum Gasteiger partial charge on any atom is -0.497 e. The number of aryl methyl sites for hydroxylation is 1. The number of carbonyl (C=O) groups is 2. The van der Waals surface area contributed by atoms with E-state index < -0.39 is 0 Å². The molecule has 2 amide bonds. The molecule has 0 spiro atoms. The fourth-order valence-electron chi connectivity index (χ4n) is 7.77. The number of fused-ring (bicyclic) bond motifs is 1. The lowest BCUT2D eigenvalue weighted by atomic mass is 9.68. The third kappa shape index (κ3) is 10.1. The lowest BCUT2D eigenvalue weighted by Crippen LogP contribution is -2.52. The highest BCUT2D eigenvalue weighted by Gasteiger charge is 2.38. The van der Waals surface area contributed by atoms with E-state index in [-0.39, 0.29) is 41.7 Å². The van der Waals surface area contributed by atoms with Gasteiger partial charge in [0.15, 0.2) is 0 Å². The molecule has 0 radical (unpaired) electrons. The first-order valence-electron chi connectivity index (χ1n) is 18.8. The largest absolute Gasteiger partial charge is 0.497 e. The Bertz CT molecular complexity index is 1660. The number of unbranched alkanes of at least 4 members (excludes halogenated alkanes) is 1. The molecule has 5 rings (SSSR count). The maximum absolute atomic E-state index is 13.7. The van der Waals surface area contributed by atoms with Crippen LogP contribution in [0.25, 0.3) is 0 Å². The van der Waals surface area contributed by atoms with E-state index in [1.165, 1.54) is 34.4 Å². The van der Waals surface area contributed by atoms with Gasteiger partial charge >= 0.3 is 0 Å². The number of methoxy groups -OCH3 is 1. The highest BCUT2D eigenvalue weighted by Crippen LogP contribution is 2.42. The van der Waals surface area contributed by atoms with Crippen molar-refractivity contribution in [2.45, 2.75) is 82.2 Å². The fraction of sp³-hybridized carbons (Fsp3) is 0.409. The number of ether oxygens (including phenoxy) is 1. The molecule has 1 heterocycles. The molecule has 0 aromatic heterocycles. The van der Waals surface area contributed by atoms with E-state index >= 15 is 0 Å². The summed E-state index contributed by atoms with van der Waals surface area (Å²) in [4.78, 5) is 28.9. The van der Waals surface area contributed by atoms with E-state index in [9.17, 15) is 19.1 Å². The lowest BCUT2D eigenvalue weighted by Gasteiger charge is -2.42. The second-order valence-electron chi connectivity index (χ2n) is 13.9. The molecule has 4 aromatic carbocycles. The zero-order chi connectivity index (χ0) is 36.8. The van der Waals surface area contributed by atoms with E-state index in [0.717, 1.165) is 50.0 Å². The second-order valence-corrected chi connectivity index (χ2v) is 13.9. The first-order chi connectivity index (χ1) is 25.3. The molecule has 0 saturated carbocycles. The third-order valence-corrected chi connectivity index (χ3v) is 10.6. The number of hydrogen-bond donors (Lipinski definition) is 3. The molecule has 4 aromatic rings. The van der Waals surface area contributed by atoms with Gasteiger partial charge < -0.3 is 20.5 Å². The van der Waals surface area contributed by atoms with Gasteiger partial charge in [0.05, 0.1) is 13.2 Å². The minimum atomic E-state index is -0.307. The Balaban J connectivity index is 1.33. The van der Waals surface area contributed by atoms with Gasteiger partial charge in [-0.25, -0.2) is 4.39 Å². The summed E-state index contributed by atoms with van der Waals surface area (Å²) in [5.74, 6) is 0.553. The average Bonchev–Trinajstić information content (AvgIpc) is 3.18. The first kappa shape index (κ1) is 38.7. The summed E-state index contributed by atoms with van der Waals surface area (Å²) in [7, 11) is 1.68. The summed E-state index contributed by atoms with van der Waals surface area (Å²) in [5, 5.41) is 15.5. The molecule has 276 valence electrons. The molecule has 0 saturated heterocycles. The summed E-state index contributed by atoms with van der Waals surface area (Å²) in [5.41, 5.74) is 5.48. The number of aliphatic hydroxyl groups is 1. The van der Waals surface area contributed by atoms with E-state index in [2.05, 4.69) is 83.1 Å². The fourth-order valence-corrected chi connectivity index (χ4v) is 7.77. The molecular weight excluding hydrogens is 653 g/mol. The van der Waals surface area contributed by atoms with Crippen molar-refractivity contribution in [1.82, 2.24) is 15.5 Å². The van der Waals surface area contributed by atoms with Gasteiger partial charge in [-0.2, -0.15) is 0 Å². The Morgan fingerprint density at radius 2 is 1.50 bits per heavy atom. The maximum atomic E-state index is 13.7. The van der Waals surface area contributed by atoms with Crippen LogP contribution in [0.15, 0.2) is 103 Å². The number of halogens is 1. The summed E-state index contributed by atoms with van der Waals surface area (Å²) in [6, 6.07) is 33.5. The van der Waals surface area contributed by atoms with Gasteiger partial charge in [-0.1, -0.05) is 78.9 Å². The van der Waals surface area contributed by atoms with Crippen LogP contribution in [0.1, 0.15) is 85.7 Å². The summed E-state index contributed by atoms with van der Waals surface area (Å²) in [6.07, 6.45) is 6.29. The number of carbonyl (C=O) groups excluding carboxylic acids is 2. The highest BCUT2D eigenvalue weighted by molar-refractivity contribution is 5.82. The molecule has 1 aliphatic heterocycles. The molecule has 0 bridgehead atoms. The smallest absolute Gasteiger partial charge is 0.237 e. The summed E-state index contributed by atoms with van der Waals surface area (Å²) in [6.45, 7) is 4.13. The van der Waals surface area contributed by atoms with Crippen LogP contribution in [-0.2, 0) is 27.8 Å². The van der Waals surface area contributed by atoms with Crippen molar-refractivity contribution >= 4 is 11.8 Å². The predicted molar refractivity (Wildman–Crippen MR) is 205 cm³/mol. The monoisotopic (exact) mass is 707 g/mol. The first-order valence-corrected chi connectivity index (χ1v) is 18.8. The van der Waals surface area contributed by atoms with Gasteiger partial charge in [0.2, 0.25) is 11.8 Å². The molecule has 8 heteroatoms. The van der Waals surface area contributed by atoms with E-state index in [0.29, 0.717) is 38.8 Å². The Morgan fingerprint density at radius 1 is 0.846 bits per heavy atom. The number of rotatable bonds is 19. The number of nitrogens with one attached hydrogen (secondary N) is 2. The third-order valence-electron chi connectivity index (χ3n) is 10.6. The van der Waals surface area contributed by atoms with Gasteiger partial charge in [0.1, 0.15) is 11.6 Å². The minimum absolute atomic E-state index is 0.00831. The normalized spacial score (nSPS) is 15.8. The average molecular weight is 708 g/mol. The summed E-state index contributed by atoms with van der Waals surface area (Å²) < 4.78 is 18.9. The van der Waals surface area contributed by atoms with Crippen molar-refractivity contribution in [3.05, 3.63) is 137 Å². The highest BCUT2D eigenvalue weighted by atomic mass is 19.1. The molecule has 2 unspecified atom stereocenters. The lowest BCUT2D eigenvalue weighted by molar-refractivity contribution is -0.128. The zero-order valence-corrected chi connectivity index (χ0v) is 30.7. The Morgan fingerprint density at radius 3 is 2.15 bits per heavy atom. The summed E-state index contributed by atoms with van der Waals surface area (Å²) >= 11 is 0. The van der Waals surface area contributed by atoms with Crippen molar-refractivity contribution in [3.8, 4) is 5.75 Å². The van der Waals surface area contributed by atoms with Crippen molar-refractivity contribution in [2.24, 2.45) is 0 Å². The van der Waals surface area contributed by atoms with Crippen LogP contribution < -0.4 is 15.4 Å². The topological polar surface area (TPSA) is 90.9 Å². The Labute approximate surface area is 308 Å². The van der Waals surface area contributed by atoms with Crippen molar-refractivity contribution in [1.29, 1.82) is 0 Å². The zero-order valence-electron chi connectivity index (χ0n) is 30.7. The van der Waals surface area contributed by atoms with Crippen LogP contribution in [0, 0.1) is 5.82 Å². The molecule has 0 fully saturated rings. The van der Waals surface area contributed by atoms with Gasteiger partial charge in [-0.3, -0.25) is 14.5 Å². The second kappa shape index (κ2) is 19.3. The van der Waals surface area contributed by atoms with Gasteiger partial charge in [0.25, 0.3) is 0 Å². The number of amides is 2. The number of nitrogens with zero attached hydrogens (tertiary/aromatic N) is 1. The Hall–Kier alpha value is -4.53. The van der Waals surface area contributed by atoms with Crippen molar-refractivity contribution in [3.63, 3.8) is 0 Å². The molecular formula is C44H54FN3O4. The molecule has 52 heavy (non-hydrogen) atoms. The molecule has 0 aliphatic carbocycles. The van der Waals surface area contributed by atoms with Crippen molar-refractivity contribution in [2.75, 3.05) is 33.4 Å². The van der Waals surface area contributed by atoms with E-state index in [4.69, 9.17) is 4.74 Å². The molecule has 2 atom stereocenters. The number of benzene rings is 4. The van der Waals surface area contributed by atoms with Gasteiger partial charge in [0, 0.05) is 37.6 Å². The number of hydrogen-bond acceptors (Lipinski definition) is 5. The number of aliphatic hydroxyl groups excluding tert-OH is 1. The van der Waals surface area contributed by atoms with Crippen molar-refractivity contribution < 1.29 is 23.8 Å². The quantitative estimate of drug-likeness (QED) is 0.0891. The molecule has 3 N–H and O–H groups in total. The van der Waals surface area contributed by atoms with Crippen LogP contribution in [0.5, 0.6) is 5.75 Å². The van der Waals surface area contributed by atoms with Gasteiger partial charge in [-0.15, -0.1) is 0 Å².